The smallest absolute Gasteiger partial charge is 0.263 e. The zero-order valence-corrected chi connectivity index (χ0v) is 20.4. The summed E-state index contributed by atoms with van der Waals surface area (Å²) < 4.78 is 7.02. The number of piperidine rings is 1. The Morgan fingerprint density at radius 2 is 1.89 bits per heavy atom. The monoisotopic (exact) mass is 497 g/mol. The van der Waals surface area contributed by atoms with E-state index in [4.69, 9.17) is 4.52 Å². The third-order valence-electron chi connectivity index (χ3n) is 6.56. The van der Waals surface area contributed by atoms with Crippen LogP contribution in [0.2, 0.25) is 0 Å². The molecule has 180 valence electrons. The van der Waals surface area contributed by atoms with Crippen molar-refractivity contribution in [3.05, 3.63) is 93.9 Å². The van der Waals surface area contributed by atoms with Crippen LogP contribution < -0.4 is 10.5 Å². The molecule has 2 aromatic carbocycles. The van der Waals surface area contributed by atoms with Crippen LogP contribution in [0.5, 0.6) is 0 Å². The number of carbonyl (C=O) groups is 1. The predicted octanol–water partition coefficient (Wildman–Crippen LogP) is 4.78. The normalized spacial score (nSPS) is 16.1. The molecule has 9 heteroatoms. The molecule has 8 nitrogen and oxygen atoms in total. The molecule has 6 rings (SSSR count). The predicted molar refractivity (Wildman–Crippen MR) is 138 cm³/mol. The van der Waals surface area contributed by atoms with Gasteiger partial charge in [0.2, 0.25) is 11.8 Å². The van der Waals surface area contributed by atoms with Crippen LogP contribution in [-0.2, 0) is 11.3 Å². The summed E-state index contributed by atoms with van der Waals surface area (Å²) in [5, 5.41) is 6.75. The van der Waals surface area contributed by atoms with Gasteiger partial charge in [0.25, 0.3) is 5.56 Å². The number of hydrogen-bond acceptors (Lipinski definition) is 7. The number of anilines is 1. The van der Waals surface area contributed by atoms with Gasteiger partial charge in [-0.1, -0.05) is 53.2 Å². The van der Waals surface area contributed by atoms with Crippen molar-refractivity contribution in [1.82, 2.24) is 19.7 Å². The number of rotatable bonds is 5. The van der Waals surface area contributed by atoms with Crippen molar-refractivity contribution >= 4 is 33.1 Å². The van der Waals surface area contributed by atoms with Crippen molar-refractivity contribution in [1.29, 1.82) is 0 Å². The highest BCUT2D eigenvalue weighted by Gasteiger charge is 2.30. The Bertz CT molecular complexity index is 1600. The highest BCUT2D eigenvalue weighted by atomic mass is 32.1. The lowest BCUT2D eigenvalue weighted by atomic mass is 9.96. The molecule has 1 saturated heterocycles. The van der Waals surface area contributed by atoms with Gasteiger partial charge in [-0.05, 0) is 31.0 Å². The summed E-state index contributed by atoms with van der Waals surface area (Å²) in [7, 11) is 0. The van der Waals surface area contributed by atoms with Gasteiger partial charge in [-0.25, -0.2) is 4.98 Å². The standard InChI is InChI=1S/C27H23N5O3S/c1-17-7-9-18(10-8-17)21-15-36-26-24(21)27(34)31(16-28-26)14-22-29-25(30-35-22)19-11-12-23(33)32(13-19)20-5-3-2-4-6-20/h2-10,15-16,19H,11-14H2,1H3. The summed E-state index contributed by atoms with van der Waals surface area (Å²) in [6, 6.07) is 17.7. The third-order valence-corrected chi connectivity index (χ3v) is 7.44. The van der Waals surface area contributed by atoms with Crippen LogP contribution in [0.15, 0.2) is 75.6 Å². The lowest BCUT2D eigenvalue weighted by Gasteiger charge is -2.31. The van der Waals surface area contributed by atoms with Crippen molar-refractivity contribution in [3.8, 4) is 11.1 Å². The van der Waals surface area contributed by atoms with Crippen molar-refractivity contribution in [2.75, 3.05) is 11.4 Å². The topological polar surface area (TPSA) is 94.1 Å². The largest absolute Gasteiger partial charge is 0.337 e. The molecule has 1 unspecified atom stereocenters. The zero-order chi connectivity index (χ0) is 24.6. The van der Waals surface area contributed by atoms with Crippen LogP contribution in [0.4, 0.5) is 5.69 Å². The number of aryl methyl sites for hydroxylation is 1. The van der Waals surface area contributed by atoms with Crippen LogP contribution in [-0.4, -0.2) is 32.1 Å². The van der Waals surface area contributed by atoms with E-state index in [1.165, 1.54) is 22.2 Å². The van der Waals surface area contributed by atoms with Crippen LogP contribution in [0.1, 0.15) is 36.0 Å². The second-order valence-electron chi connectivity index (χ2n) is 8.99. The number of amides is 1. The first-order valence-electron chi connectivity index (χ1n) is 11.8. The van der Waals surface area contributed by atoms with E-state index >= 15 is 0 Å². The average Bonchev–Trinajstić information content (AvgIpc) is 3.55. The second-order valence-corrected chi connectivity index (χ2v) is 9.85. The summed E-state index contributed by atoms with van der Waals surface area (Å²) in [6.07, 6.45) is 2.60. The van der Waals surface area contributed by atoms with E-state index in [2.05, 4.69) is 15.1 Å². The number of fused-ring (bicyclic) bond motifs is 1. The van der Waals surface area contributed by atoms with Crippen LogP contribution in [0.25, 0.3) is 21.3 Å². The molecule has 0 spiro atoms. The fraction of sp³-hybridized carbons (Fsp3) is 0.222. The molecule has 3 aromatic heterocycles. The number of para-hydroxylation sites is 1. The van der Waals surface area contributed by atoms with Crippen molar-refractivity contribution in [2.45, 2.75) is 32.2 Å². The van der Waals surface area contributed by atoms with Gasteiger partial charge in [-0.2, -0.15) is 4.98 Å². The molecule has 1 aliphatic heterocycles. The first-order valence-corrected chi connectivity index (χ1v) is 12.7. The summed E-state index contributed by atoms with van der Waals surface area (Å²) in [6.45, 7) is 2.66. The molecule has 36 heavy (non-hydrogen) atoms. The van der Waals surface area contributed by atoms with E-state index in [0.29, 0.717) is 41.3 Å². The molecule has 1 aliphatic rings. The minimum Gasteiger partial charge on any atom is -0.337 e. The van der Waals surface area contributed by atoms with Gasteiger partial charge < -0.3 is 9.42 Å². The first-order chi connectivity index (χ1) is 17.6. The van der Waals surface area contributed by atoms with Crippen molar-refractivity contribution in [3.63, 3.8) is 0 Å². The number of aromatic nitrogens is 4. The van der Waals surface area contributed by atoms with Gasteiger partial charge >= 0.3 is 0 Å². The van der Waals surface area contributed by atoms with Crippen molar-refractivity contribution in [2.24, 2.45) is 0 Å². The number of hydrogen-bond donors (Lipinski definition) is 0. The molecule has 0 aliphatic carbocycles. The van der Waals surface area contributed by atoms with Crippen LogP contribution in [0.3, 0.4) is 0 Å². The lowest BCUT2D eigenvalue weighted by molar-refractivity contribution is -0.119. The Kier molecular flexibility index (Phi) is 5.69. The summed E-state index contributed by atoms with van der Waals surface area (Å²) >= 11 is 1.46. The maximum Gasteiger partial charge on any atom is 0.263 e. The molecule has 5 aromatic rings. The van der Waals surface area contributed by atoms with E-state index < -0.39 is 0 Å². The Morgan fingerprint density at radius 3 is 2.69 bits per heavy atom. The minimum atomic E-state index is -0.143. The summed E-state index contributed by atoms with van der Waals surface area (Å²) in [5.41, 5.74) is 3.74. The quantitative estimate of drug-likeness (QED) is 0.347. The Hall–Kier alpha value is -4.11. The van der Waals surface area contributed by atoms with Gasteiger partial charge in [0, 0.05) is 35.5 Å². The van der Waals surface area contributed by atoms with Crippen molar-refractivity contribution < 1.29 is 9.32 Å². The Labute approximate surface area is 210 Å². The van der Waals surface area contributed by atoms with E-state index in [1.54, 1.807) is 4.90 Å². The SMILES string of the molecule is Cc1ccc(-c2csc3ncn(Cc4nc(C5CCC(=O)N(c6ccccc6)C5)no4)c(=O)c23)cc1. The molecular weight excluding hydrogens is 474 g/mol. The summed E-state index contributed by atoms with van der Waals surface area (Å²) in [5.74, 6) is 0.940. The molecule has 4 heterocycles. The average molecular weight is 498 g/mol. The summed E-state index contributed by atoms with van der Waals surface area (Å²) in [4.78, 5) is 37.5. The molecule has 0 N–H and O–H groups in total. The van der Waals surface area contributed by atoms with E-state index in [9.17, 15) is 9.59 Å². The maximum absolute atomic E-state index is 13.4. The van der Waals surface area contributed by atoms with Crippen LogP contribution in [0, 0.1) is 6.92 Å². The fourth-order valence-electron chi connectivity index (χ4n) is 4.58. The Balaban J connectivity index is 1.25. The molecule has 1 amide bonds. The minimum absolute atomic E-state index is 0.0391. The zero-order valence-electron chi connectivity index (χ0n) is 19.6. The van der Waals surface area contributed by atoms with Crippen LogP contribution >= 0.6 is 11.3 Å². The number of nitrogens with zero attached hydrogens (tertiary/aromatic N) is 5. The fourth-order valence-corrected chi connectivity index (χ4v) is 5.49. The van der Waals surface area contributed by atoms with Gasteiger partial charge in [-0.3, -0.25) is 14.2 Å². The lowest BCUT2D eigenvalue weighted by Crippen LogP contribution is -2.39. The van der Waals surface area contributed by atoms with E-state index in [-0.39, 0.29) is 23.9 Å². The number of carbonyl (C=O) groups excluding carboxylic acids is 1. The third kappa shape index (κ3) is 4.11. The van der Waals surface area contributed by atoms with Gasteiger partial charge in [0.05, 0.1) is 11.7 Å². The molecule has 1 atom stereocenters. The Morgan fingerprint density at radius 1 is 1.08 bits per heavy atom. The molecule has 0 bridgehead atoms. The maximum atomic E-state index is 13.4. The highest BCUT2D eigenvalue weighted by Crippen LogP contribution is 2.31. The first kappa shape index (κ1) is 22.4. The second kappa shape index (κ2) is 9.16. The highest BCUT2D eigenvalue weighted by molar-refractivity contribution is 7.17. The molecule has 1 fully saturated rings. The van der Waals surface area contributed by atoms with E-state index in [0.717, 1.165) is 22.4 Å². The van der Waals surface area contributed by atoms with Gasteiger partial charge in [-0.15, -0.1) is 11.3 Å². The van der Waals surface area contributed by atoms with Gasteiger partial charge in [0.1, 0.15) is 11.4 Å². The number of thiophene rings is 1. The number of benzene rings is 2. The molecular formula is C27H23N5O3S. The van der Waals surface area contributed by atoms with E-state index in [1.807, 2.05) is 66.9 Å². The van der Waals surface area contributed by atoms with Gasteiger partial charge in [0.15, 0.2) is 5.82 Å². The molecule has 0 saturated carbocycles. The molecule has 0 radical (unpaired) electrons.